The summed E-state index contributed by atoms with van der Waals surface area (Å²) in [5, 5.41) is 11.8. The van der Waals surface area contributed by atoms with Gasteiger partial charge in [0.15, 0.2) is 0 Å². The molecule has 5 nitrogen and oxygen atoms in total. The predicted octanol–water partition coefficient (Wildman–Crippen LogP) is 0.657. The summed E-state index contributed by atoms with van der Waals surface area (Å²) in [4.78, 5) is 24.1. The van der Waals surface area contributed by atoms with Crippen molar-refractivity contribution in [1.29, 1.82) is 0 Å². The first kappa shape index (κ1) is 10.3. The van der Waals surface area contributed by atoms with Crippen LogP contribution in [0.5, 0.6) is 0 Å². The minimum atomic E-state index is -0.910. The van der Waals surface area contributed by atoms with Crippen molar-refractivity contribution >= 4 is 12.0 Å². The Bertz CT molecular complexity index is 288. The van der Waals surface area contributed by atoms with Crippen molar-refractivity contribution in [1.82, 2.24) is 10.2 Å². The highest BCUT2D eigenvalue weighted by atomic mass is 16.4. The van der Waals surface area contributed by atoms with E-state index >= 15 is 0 Å². The lowest BCUT2D eigenvalue weighted by Gasteiger charge is -2.42. The molecule has 2 aliphatic heterocycles. The lowest BCUT2D eigenvalue weighted by molar-refractivity contribution is -0.136. The van der Waals surface area contributed by atoms with Crippen molar-refractivity contribution in [3.63, 3.8) is 0 Å². The van der Waals surface area contributed by atoms with E-state index in [1.165, 1.54) is 4.90 Å². The average molecular weight is 212 g/mol. The zero-order valence-electron chi connectivity index (χ0n) is 8.66. The van der Waals surface area contributed by atoms with E-state index in [0.717, 1.165) is 32.2 Å². The Morgan fingerprint density at radius 3 is 2.80 bits per heavy atom. The van der Waals surface area contributed by atoms with E-state index < -0.39 is 11.5 Å². The number of nitrogens with one attached hydrogen (secondary N) is 1. The Labute approximate surface area is 88.4 Å². The maximum absolute atomic E-state index is 11.8. The molecule has 2 rings (SSSR count). The molecule has 1 atom stereocenters. The summed E-state index contributed by atoms with van der Waals surface area (Å²) < 4.78 is 0. The molecule has 15 heavy (non-hydrogen) atoms. The third kappa shape index (κ3) is 1.78. The van der Waals surface area contributed by atoms with Crippen molar-refractivity contribution in [2.45, 2.75) is 25.7 Å². The van der Waals surface area contributed by atoms with Crippen molar-refractivity contribution < 1.29 is 14.7 Å². The van der Waals surface area contributed by atoms with Crippen molar-refractivity contribution in [2.24, 2.45) is 5.41 Å². The fourth-order valence-corrected chi connectivity index (χ4v) is 2.61. The van der Waals surface area contributed by atoms with Crippen molar-refractivity contribution in [2.75, 3.05) is 19.6 Å². The quantitative estimate of drug-likeness (QED) is 0.619. The van der Waals surface area contributed by atoms with E-state index in [4.69, 9.17) is 5.11 Å². The second-order valence-electron chi connectivity index (χ2n) is 4.45. The summed E-state index contributed by atoms with van der Waals surface area (Å²) in [6.45, 7) is 1.66. The van der Waals surface area contributed by atoms with Crippen LogP contribution in [-0.4, -0.2) is 41.6 Å². The lowest BCUT2D eigenvalue weighted by atomic mass is 9.74. The van der Waals surface area contributed by atoms with Crippen LogP contribution in [0.4, 0.5) is 4.79 Å². The van der Waals surface area contributed by atoms with Crippen LogP contribution >= 0.6 is 0 Å². The largest absolute Gasteiger partial charge is 0.465 e. The SMILES string of the molecule is O=C(O)N1CCCC2(CCCNC2=O)C1. The van der Waals surface area contributed by atoms with E-state index in [0.29, 0.717) is 13.1 Å². The Morgan fingerprint density at radius 1 is 1.40 bits per heavy atom. The molecule has 0 saturated carbocycles. The molecule has 84 valence electrons. The molecule has 0 aromatic carbocycles. The molecular weight excluding hydrogens is 196 g/mol. The Kier molecular flexibility index (Phi) is 2.54. The molecule has 5 heteroatoms. The van der Waals surface area contributed by atoms with Gasteiger partial charge in [0.1, 0.15) is 0 Å². The molecule has 0 aliphatic carbocycles. The van der Waals surface area contributed by atoms with Gasteiger partial charge in [-0.1, -0.05) is 0 Å². The average Bonchev–Trinajstić information content (AvgIpc) is 2.23. The van der Waals surface area contributed by atoms with E-state index in [2.05, 4.69) is 5.32 Å². The summed E-state index contributed by atoms with van der Waals surface area (Å²) in [5.41, 5.74) is -0.436. The van der Waals surface area contributed by atoms with Gasteiger partial charge in [-0.2, -0.15) is 0 Å². The summed E-state index contributed by atoms with van der Waals surface area (Å²) in [6.07, 6.45) is 2.48. The third-order valence-electron chi connectivity index (χ3n) is 3.45. The molecule has 0 radical (unpaired) electrons. The topological polar surface area (TPSA) is 69.6 Å². The first-order valence-electron chi connectivity index (χ1n) is 5.40. The number of rotatable bonds is 0. The number of carbonyl (C=O) groups is 2. The van der Waals surface area contributed by atoms with Crippen molar-refractivity contribution in [3.8, 4) is 0 Å². The standard InChI is InChI=1S/C10H16N2O3/c13-8-10(3-1-5-11-8)4-2-6-12(7-10)9(14)15/h1-7H2,(H,11,13)(H,14,15). The molecule has 0 aromatic rings. The van der Waals surface area contributed by atoms with Gasteiger partial charge in [0.2, 0.25) is 5.91 Å². The van der Waals surface area contributed by atoms with Gasteiger partial charge in [-0.05, 0) is 25.7 Å². The first-order chi connectivity index (χ1) is 7.14. The summed E-state index contributed by atoms with van der Waals surface area (Å²) >= 11 is 0. The number of nitrogens with zero attached hydrogens (tertiary/aromatic N) is 1. The van der Waals surface area contributed by atoms with Gasteiger partial charge in [0.25, 0.3) is 0 Å². The van der Waals surface area contributed by atoms with Crippen LogP contribution in [0, 0.1) is 5.41 Å². The van der Waals surface area contributed by atoms with E-state index in [1.807, 2.05) is 0 Å². The number of carbonyl (C=O) groups excluding carboxylic acids is 1. The van der Waals surface area contributed by atoms with Crippen molar-refractivity contribution in [3.05, 3.63) is 0 Å². The monoisotopic (exact) mass is 212 g/mol. The molecule has 1 unspecified atom stereocenters. The second-order valence-corrected chi connectivity index (χ2v) is 4.45. The normalized spacial score (nSPS) is 31.5. The van der Waals surface area contributed by atoms with E-state index in [1.54, 1.807) is 0 Å². The summed E-state index contributed by atoms with van der Waals surface area (Å²) in [5.74, 6) is 0.0414. The Balaban J connectivity index is 2.13. The fraction of sp³-hybridized carbons (Fsp3) is 0.800. The van der Waals surface area contributed by atoms with Gasteiger partial charge in [-0.25, -0.2) is 4.79 Å². The van der Waals surface area contributed by atoms with Crippen LogP contribution in [0.2, 0.25) is 0 Å². The minimum absolute atomic E-state index is 0.0414. The lowest BCUT2D eigenvalue weighted by Crippen LogP contribution is -2.55. The molecule has 2 fully saturated rings. The van der Waals surface area contributed by atoms with Gasteiger partial charge in [0.05, 0.1) is 5.41 Å². The van der Waals surface area contributed by atoms with Crippen LogP contribution in [0.1, 0.15) is 25.7 Å². The van der Waals surface area contributed by atoms with Crippen LogP contribution in [0.15, 0.2) is 0 Å². The maximum atomic E-state index is 11.8. The molecule has 1 spiro atoms. The highest BCUT2D eigenvalue weighted by molar-refractivity contribution is 5.84. The highest BCUT2D eigenvalue weighted by Crippen LogP contribution is 2.36. The smallest absolute Gasteiger partial charge is 0.407 e. The molecular formula is C10H16N2O3. The van der Waals surface area contributed by atoms with Gasteiger partial charge in [-0.15, -0.1) is 0 Å². The van der Waals surface area contributed by atoms with E-state index in [-0.39, 0.29) is 5.91 Å². The number of carboxylic acid groups (broad SMARTS) is 1. The van der Waals surface area contributed by atoms with Crippen LogP contribution in [-0.2, 0) is 4.79 Å². The van der Waals surface area contributed by atoms with Crippen LogP contribution in [0.3, 0.4) is 0 Å². The molecule has 2 aliphatic rings. The Hall–Kier alpha value is -1.26. The predicted molar refractivity (Wildman–Crippen MR) is 53.5 cm³/mol. The zero-order valence-corrected chi connectivity index (χ0v) is 8.66. The molecule has 0 aromatic heterocycles. The van der Waals surface area contributed by atoms with Gasteiger partial charge in [-0.3, -0.25) is 4.79 Å². The van der Waals surface area contributed by atoms with Crippen LogP contribution < -0.4 is 5.32 Å². The number of likely N-dealkylation sites (tertiary alicyclic amines) is 1. The number of hydrogen-bond donors (Lipinski definition) is 2. The van der Waals surface area contributed by atoms with Gasteiger partial charge < -0.3 is 15.3 Å². The molecule has 2 N–H and O–H groups in total. The minimum Gasteiger partial charge on any atom is -0.465 e. The van der Waals surface area contributed by atoms with Gasteiger partial charge >= 0.3 is 6.09 Å². The van der Waals surface area contributed by atoms with Gasteiger partial charge in [0, 0.05) is 19.6 Å². The summed E-state index contributed by atoms with van der Waals surface area (Å²) in [6, 6.07) is 0. The number of piperidine rings is 2. The number of hydrogen-bond acceptors (Lipinski definition) is 2. The highest BCUT2D eigenvalue weighted by Gasteiger charge is 2.44. The molecule has 2 amide bonds. The molecule has 2 saturated heterocycles. The zero-order chi connectivity index (χ0) is 10.9. The maximum Gasteiger partial charge on any atom is 0.407 e. The molecule has 0 bridgehead atoms. The molecule has 2 heterocycles. The Morgan fingerprint density at radius 2 is 2.13 bits per heavy atom. The fourth-order valence-electron chi connectivity index (χ4n) is 2.61. The van der Waals surface area contributed by atoms with Crippen LogP contribution in [0.25, 0.3) is 0 Å². The number of amides is 2. The summed E-state index contributed by atoms with van der Waals surface area (Å²) in [7, 11) is 0. The second kappa shape index (κ2) is 3.72. The van der Waals surface area contributed by atoms with E-state index in [9.17, 15) is 9.59 Å². The first-order valence-corrected chi connectivity index (χ1v) is 5.40. The third-order valence-corrected chi connectivity index (χ3v) is 3.45.